The fourth-order valence-corrected chi connectivity index (χ4v) is 2.26. The number of esters is 1. The van der Waals surface area contributed by atoms with E-state index in [0.717, 1.165) is 5.56 Å². The molecular weight excluding hydrogens is 324 g/mol. The van der Waals surface area contributed by atoms with Crippen LogP contribution in [0.1, 0.15) is 18.4 Å². The van der Waals surface area contributed by atoms with Crippen molar-refractivity contribution in [1.29, 1.82) is 0 Å². The highest BCUT2D eigenvalue weighted by Crippen LogP contribution is 2.18. The Hall–Kier alpha value is -2.28. The van der Waals surface area contributed by atoms with Gasteiger partial charge in [-0.1, -0.05) is 47.1 Å². The Balaban J connectivity index is 1.84. The first-order valence-corrected chi connectivity index (χ1v) is 7.39. The minimum Gasteiger partial charge on any atom is -0.467 e. The molecule has 0 radical (unpaired) electrons. The molecule has 23 heavy (non-hydrogen) atoms. The molecule has 0 bridgehead atoms. The summed E-state index contributed by atoms with van der Waals surface area (Å²) in [5, 5.41) is 6.39. The molecule has 1 N–H and O–H groups in total. The summed E-state index contributed by atoms with van der Waals surface area (Å²) in [7, 11) is 1.24. The van der Waals surface area contributed by atoms with Crippen LogP contribution in [0, 0.1) is 0 Å². The van der Waals surface area contributed by atoms with E-state index in [4.69, 9.17) is 21.2 Å². The molecule has 0 aromatic heterocycles. The van der Waals surface area contributed by atoms with Gasteiger partial charge in [0.2, 0.25) is 0 Å². The first-order valence-electron chi connectivity index (χ1n) is 7.01. The van der Waals surface area contributed by atoms with Crippen LogP contribution in [0.25, 0.3) is 0 Å². The first kappa shape index (κ1) is 17.1. The van der Waals surface area contributed by atoms with Crippen molar-refractivity contribution in [3.63, 3.8) is 0 Å². The van der Waals surface area contributed by atoms with E-state index in [-0.39, 0.29) is 19.1 Å². The van der Waals surface area contributed by atoms with Gasteiger partial charge in [-0.05, 0) is 5.56 Å². The zero-order valence-electron chi connectivity index (χ0n) is 12.5. The molecule has 0 spiro atoms. The van der Waals surface area contributed by atoms with Gasteiger partial charge in [0.15, 0.2) is 0 Å². The van der Waals surface area contributed by atoms with Crippen LogP contribution in [-0.4, -0.2) is 36.5 Å². The second-order valence-corrected chi connectivity index (χ2v) is 5.35. The number of halogens is 1. The standard InChI is InChI=1S/C15H17ClN2O5/c1-21-14(19)12(7-11-8-13(16)18-23-11)17-15(20)22-9-10-5-3-2-4-6-10/h2-6,11-12H,7-9H2,1H3,(H,17,20). The van der Waals surface area contributed by atoms with Crippen LogP contribution in [0.2, 0.25) is 0 Å². The molecule has 1 aliphatic rings. The van der Waals surface area contributed by atoms with Crippen LogP contribution in [-0.2, 0) is 25.7 Å². The minimum absolute atomic E-state index is 0.107. The number of nitrogens with zero attached hydrogens (tertiary/aromatic N) is 1. The van der Waals surface area contributed by atoms with Gasteiger partial charge in [-0.2, -0.15) is 0 Å². The average Bonchev–Trinajstić information content (AvgIpc) is 2.97. The lowest BCUT2D eigenvalue weighted by molar-refractivity contribution is -0.144. The molecule has 1 aliphatic heterocycles. The van der Waals surface area contributed by atoms with Crippen LogP contribution >= 0.6 is 11.6 Å². The number of nitrogens with one attached hydrogen (secondary N) is 1. The van der Waals surface area contributed by atoms with Gasteiger partial charge in [0.25, 0.3) is 0 Å². The number of hydrogen-bond acceptors (Lipinski definition) is 6. The van der Waals surface area contributed by atoms with Gasteiger partial charge in [0.05, 0.1) is 7.11 Å². The molecule has 1 aromatic rings. The molecule has 8 heteroatoms. The molecule has 0 fully saturated rings. The highest BCUT2D eigenvalue weighted by molar-refractivity contribution is 6.65. The molecule has 7 nitrogen and oxygen atoms in total. The number of carbonyl (C=O) groups excluding carboxylic acids is 2. The average molecular weight is 341 g/mol. The van der Waals surface area contributed by atoms with E-state index in [2.05, 4.69) is 15.2 Å². The van der Waals surface area contributed by atoms with Crippen molar-refractivity contribution in [1.82, 2.24) is 5.32 Å². The number of ether oxygens (including phenoxy) is 2. The lowest BCUT2D eigenvalue weighted by Crippen LogP contribution is -2.43. The van der Waals surface area contributed by atoms with Crippen LogP contribution < -0.4 is 5.32 Å². The first-order chi connectivity index (χ1) is 11.1. The Bertz CT molecular complexity index is 578. The van der Waals surface area contributed by atoms with Gasteiger partial charge < -0.3 is 19.6 Å². The fourth-order valence-electron chi connectivity index (χ4n) is 2.05. The van der Waals surface area contributed by atoms with Crippen LogP contribution in [0.15, 0.2) is 35.5 Å². The van der Waals surface area contributed by atoms with Gasteiger partial charge >= 0.3 is 12.1 Å². The van der Waals surface area contributed by atoms with E-state index < -0.39 is 18.1 Å². The normalized spacial score (nSPS) is 17.7. The molecule has 0 saturated heterocycles. The molecule has 1 amide bonds. The molecule has 124 valence electrons. The smallest absolute Gasteiger partial charge is 0.408 e. The lowest BCUT2D eigenvalue weighted by atomic mass is 10.1. The van der Waals surface area contributed by atoms with Crippen LogP contribution in [0.5, 0.6) is 0 Å². The van der Waals surface area contributed by atoms with E-state index in [0.29, 0.717) is 11.6 Å². The highest BCUT2D eigenvalue weighted by atomic mass is 35.5. The molecule has 1 aromatic carbocycles. The molecule has 2 rings (SSSR count). The molecule has 2 unspecified atom stereocenters. The van der Waals surface area contributed by atoms with Gasteiger partial charge in [-0.3, -0.25) is 0 Å². The van der Waals surface area contributed by atoms with Crippen molar-refractivity contribution in [2.24, 2.45) is 5.16 Å². The van der Waals surface area contributed by atoms with Gasteiger partial charge in [0.1, 0.15) is 23.9 Å². The van der Waals surface area contributed by atoms with Crippen molar-refractivity contribution >= 4 is 28.8 Å². The Labute approximate surface area is 138 Å². The van der Waals surface area contributed by atoms with Crippen molar-refractivity contribution < 1.29 is 23.9 Å². The second-order valence-electron chi connectivity index (χ2n) is 4.92. The largest absolute Gasteiger partial charge is 0.467 e. The topological polar surface area (TPSA) is 86.2 Å². The van der Waals surface area contributed by atoms with E-state index in [1.165, 1.54) is 7.11 Å². The summed E-state index contributed by atoms with van der Waals surface area (Å²) in [6, 6.07) is 8.31. The Morgan fingerprint density at radius 1 is 1.43 bits per heavy atom. The number of alkyl carbamates (subject to hydrolysis) is 1. The number of amides is 1. The summed E-state index contributed by atoms with van der Waals surface area (Å²) in [6.45, 7) is 0.107. The summed E-state index contributed by atoms with van der Waals surface area (Å²) in [5.41, 5.74) is 0.844. The van der Waals surface area contributed by atoms with E-state index in [1.807, 2.05) is 30.3 Å². The number of carbonyl (C=O) groups is 2. The van der Waals surface area contributed by atoms with Crippen LogP contribution in [0.4, 0.5) is 4.79 Å². The molecular formula is C15H17ClN2O5. The molecule has 0 saturated carbocycles. The maximum absolute atomic E-state index is 11.8. The number of hydrogen-bond donors (Lipinski definition) is 1. The van der Waals surface area contributed by atoms with Gasteiger partial charge in [-0.25, -0.2) is 9.59 Å². The van der Waals surface area contributed by atoms with Crippen molar-refractivity contribution in [2.75, 3.05) is 7.11 Å². The predicted octanol–water partition coefficient (Wildman–Crippen LogP) is 2.19. The van der Waals surface area contributed by atoms with Crippen LogP contribution in [0.3, 0.4) is 0 Å². The number of rotatable bonds is 6. The third-order valence-corrected chi connectivity index (χ3v) is 3.41. The summed E-state index contributed by atoms with van der Waals surface area (Å²) in [4.78, 5) is 28.7. The number of oxime groups is 1. The molecule has 1 heterocycles. The third-order valence-electron chi connectivity index (χ3n) is 3.19. The zero-order valence-corrected chi connectivity index (χ0v) is 13.3. The zero-order chi connectivity index (χ0) is 16.7. The van der Waals surface area contributed by atoms with Gasteiger partial charge in [-0.15, -0.1) is 0 Å². The SMILES string of the molecule is COC(=O)C(CC1CC(Cl)=NO1)NC(=O)OCc1ccccc1. The van der Waals surface area contributed by atoms with Crippen molar-refractivity contribution in [2.45, 2.75) is 31.6 Å². The van der Waals surface area contributed by atoms with E-state index in [1.54, 1.807) is 0 Å². The Kier molecular flexibility index (Phi) is 6.22. The summed E-state index contributed by atoms with van der Waals surface area (Å²) in [5.74, 6) is -0.590. The lowest BCUT2D eigenvalue weighted by Gasteiger charge is -2.18. The monoisotopic (exact) mass is 340 g/mol. The molecule has 2 atom stereocenters. The van der Waals surface area contributed by atoms with Crippen molar-refractivity contribution in [3.05, 3.63) is 35.9 Å². The number of benzene rings is 1. The summed E-state index contributed by atoms with van der Waals surface area (Å²) < 4.78 is 9.76. The van der Waals surface area contributed by atoms with Crippen molar-refractivity contribution in [3.8, 4) is 0 Å². The quantitative estimate of drug-likeness (QED) is 0.802. The molecule has 0 aliphatic carbocycles. The maximum Gasteiger partial charge on any atom is 0.408 e. The summed E-state index contributed by atoms with van der Waals surface area (Å²) >= 11 is 5.72. The predicted molar refractivity (Wildman–Crippen MR) is 83.0 cm³/mol. The minimum atomic E-state index is -0.897. The Morgan fingerprint density at radius 3 is 2.78 bits per heavy atom. The van der Waals surface area contributed by atoms with E-state index >= 15 is 0 Å². The fraction of sp³-hybridized carbons (Fsp3) is 0.400. The number of methoxy groups -OCH3 is 1. The maximum atomic E-state index is 11.8. The van der Waals surface area contributed by atoms with E-state index in [9.17, 15) is 9.59 Å². The van der Waals surface area contributed by atoms with Gasteiger partial charge in [0, 0.05) is 12.8 Å². The third kappa shape index (κ3) is 5.45. The Morgan fingerprint density at radius 2 is 2.17 bits per heavy atom. The summed E-state index contributed by atoms with van der Waals surface area (Å²) in [6.07, 6.45) is -0.530. The highest BCUT2D eigenvalue weighted by Gasteiger charge is 2.30. The second kappa shape index (κ2) is 8.38.